The minimum absolute atomic E-state index is 0.101. The second-order valence-electron chi connectivity index (χ2n) is 4.91. The second-order valence-corrected chi connectivity index (χ2v) is 5.86. The van der Waals surface area contributed by atoms with Gasteiger partial charge in [-0.1, -0.05) is 6.07 Å². The maximum Gasteiger partial charge on any atom is 0.281 e. The third-order valence-corrected chi connectivity index (χ3v) is 4.22. The molecule has 5 heteroatoms. The molecule has 1 aromatic rings. The van der Waals surface area contributed by atoms with Gasteiger partial charge in [-0.25, -0.2) is 5.43 Å². The molecule has 1 fully saturated rings. The molecule has 1 aliphatic rings. The maximum atomic E-state index is 11.7. The average Bonchev–Trinajstić information content (AvgIpc) is 2.90. The van der Waals surface area contributed by atoms with Crippen molar-refractivity contribution in [3.63, 3.8) is 0 Å². The van der Waals surface area contributed by atoms with E-state index < -0.39 is 0 Å². The minimum atomic E-state index is -0.101. The van der Waals surface area contributed by atoms with E-state index in [-0.39, 0.29) is 5.91 Å². The monoisotopic (exact) mass is 266 g/mol. The van der Waals surface area contributed by atoms with E-state index >= 15 is 0 Å². The largest absolute Gasteiger partial charge is 0.332 e. The summed E-state index contributed by atoms with van der Waals surface area (Å²) < 4.78 is 0. The van der Waals surface area contributed by atoms with E-state index in [1.54, 1.807) is 4.90 Å². The number of hydrogen-bond acceptors (Lipinski definition) is 3. The summed E-state index contributed by atoms with van der Waals surface area (Å²) in [5, 5.41) is 6.14. The van der Waals surface area contributed by atoms with Crippen LogP contribution < -0.4 is 10.3 Å². The Morgan fingerprint density at radius 2 is 2.17 bits per heavy atom. The van der Waals surface area contributed by atoms with E-state index in [1.165, 1.54) is 11.3 Å². The molecule has 0 aliphatic carbocycles. The number of likely N-dealkylation sites (tertiary alicyclic amines) is 1. The highest BCUT2D eigenvalue weighted by Crippen LogP contribution is 2.07. The van der Waals surface area contributed by atoms with Crippen molar-refractivity contribution in [2.45, 2.75) is 32.7 Å². The van der Waals surface area contributed by atoms with E-state index in [2.05, 4.69) is 24.4 Å². The zero-order chi connectivity index (χ0) is 13.0. The molecule has 1 aromatic heterocycles. The standard InChI is InChI=1S/C13H19N3OS/c1-10(2)16-7-5-11(6-8-16)14-15-13(17)12-4-3-9-18-12/h3-4,9-10H,5-8H2,1-2H3,(H,15,17)/p+1. The number of nitrogens with one attached hydrogen (secondary N) is 2. The smallest absolute Gasteiger partial charge is 0.281 e. The highest BCUT2D eigenvalue weighted by Gasteiger charge is 2.20. The summed E-state index contributed by atoms with van der Waals surface area (Å²) in [6, 6.07) is 4.36. The van der Waals surface area contributed by atoms with Crippen LogP contribution in [0, 0.1) is 0 Å². The summed E-state index contributed by atoms with van der Waals surface area (Å²) in [4.78, 5) is 14.0. The van der Waals surface area contributed by atoms with Crippen LogP contribution in [-0.4, -0.2) is 30.8 Å². The molecule has 0 bridgehead atoms. The molecule has 2 rings (SSSR count). The lowest BCUT2D eigenvalue weighted by Crippen LogP contribution is -3.16. The normalized spacial score (nSPS) is 19.9. The number of carbonyl (C=O) groups is 1. The van der Waals surface area contributed by atoms with Crippen LogP contribution in [0.15, 0.2) is 22.6 Å². The Labute approximate surface area is 112 Å². The lowest BCUT2D eigenvalue weighted by molar-refractivity contribution is -0.922. The quantitative estimate of drug-likeness (QED) is 0.785. The number of hydrazone groups is 1. The molecule has 1 amide bonds. The van der Waals surface area contributed by atoms with Crippen LogP contribution in [-0.2, 0) is 0 Å². The van der Waals surface area contributed by atoms with Crippen LogP contribution in [0.25, 0.3) is 0 Å². The number of carbonyl (C=O) groups excluding carboxylic acids is 1. The summed E-state index contributed by atoms with van der Waals surface area (Å²) in [5.41, 5.74) is 3.76. The first-order chi connectivity index (χ1) is 8.66. The summed E-state index contributed by atoms with van der Waals surface area (Å²) in [6.45, 7) is 6.73. The molecule has 2 N–H and O–H groups in total. The Bertz CT molecular complexity index is 415. The Balaban J connectivity index is 1.83. The molecule has 0 spiro atoms. The number of quaternary nitrogens is 1. The molecule has 18 heavy (non-hydrogen) atoms. The van der Waals surface area contributed by atoms with E-state index in [0.29, 0.717) is 10.9 Å². The first-order valence-electron chi connectivity index (χ1n) is 6.40. The molecule has 0 saturated carbocycles. The zero-order valence-corrected chi connectivity index (χ0v) is 11.7. The van der Waals surface area contributed by atoms with Gasteiger partial charge in [-0.2, -0.15) is 5.10 Å². The van der Waals surface area contributed by atoms with Crippen molar-refractivity contribution in [2.24, 2.45) is 5.10 Å². The number of piperidine rings is 1. The van der Waals surface area contributed by atoms with Crippen molar-refractivity contribution in [1.29, 1.82) is 0 Å². The topological polar surface area (TPSA) is 45.9 Å². The van der Waals surface area contributed by atoms with Crippen molar-refractivity contribution in [3.8, 4) is 0 Å². The number of hydrogen-bond donors (Lipinski definition) is 2. The van der Waals surface area contributed by atoms with Crippen LogP contribution in [0.5, 0.6) is 0 Å². The molecule has 1 aliphatic heterocycles. The van der Waals surface area contributed by atoms with Crippen LogP contribution in [0.3, 0.4) is 0 Å². The van der Waals surface area contributed by atoms with Crippen LogP contribution in [0.2, 0.25) is 0 Å². The van der Waals surface area contributed by atoms with Crippen LogP contribution in [0.4, 0.5) is 0 Å². The number of rotatable bonds is 3. The molecule has 0 unspecified atom stereocenters. The predicted molar refractivity (Wildman–Crippen MR) is 74.3 cm³/mol. The predicted octanol–water partition coefficient (Wildman–Crippen LogP) is 0.921. The fourth-order valence-corrected chi connectivity index (χ4v) is 2.76. The summed E-state index contributed by atoms with van der Waals surface area (Å²) >= 11 is 1.44. The minimum Gasteiger partial charge on any atom is -0.332 e. The van der Waals surface area contributed by atoms with Gasteiger partial charge in [-0.3, -0.25) is 4.79 Å². The molecular weight excluding hydrogens is 246 g/mol. The zero-order valence-electron chi connectivity index (χ0n) is 10.9. The summed E-state index contributed by atoms with van der Waals surface area (Å²) in [7, 11) is 0. The Morgan fingerprint density at radius 1 is 1.44 bits per heavy atom. The third kappa shape index (κ3) is 3.40. The van der Waals surface area contributed by atoms with Gasteiger partial charge >= 0.3 is 0 Å². The lowest BCUT2D eigenvalue weighted by atomic mass is 10.1. The summed E-state index contributed by atoms with van der Waals surface area (Å²) in [6.07, 6.45) is 1.97. The van der Waals surface area contributed by atoms with Gasteiger partial charge < -0.3 is 4.90 Å². The fourth-order valence-electron chi connectivity index (χ4n) is 2.14. The SMILES string of the molecule is CC(C)[NH+]1CCC(=NNC(=O)c2cccs2)CC1. The highest BCUT2D eigenvalue weighted by atomic mass is 32.1. The van der Waals surface area contributed by atoms with Crippen molar-refractivity contribution in [3.05, 3.63) is 22.4 Å². The van der Waals surface area contributed by atoms with Gasteiger partial charge in [0.15, 0.2) is 0 Å². The maximum absolute atomic E-state index is 11.7. The Kier molecular flexibility index (Phi) is 4.49. The van der Waals surface area contributed by atoms with Gasteiger partial charge in [0.25, 0.3) is 5.91 Å². The molecule has 2 heterocycles. The molecule has 0 atom stereocenters. The van der Waals surface area contributed by atoms with E-state index in [1.807, 2.05) is 17.5 Å². The molecule has 98 valence electrons. The van der Waals surface area contributed by atoms with Gasteiger partial charge in [-0.05, 0) is 25.3 Å². The van der Waals surface area contributed by atoms with Gasteiger partial charge in [-0.15, -0.1) is 11.3 Å². The molecule has 1 saturated heterocycles. The molecule has 0 radical (unpaired) electrons. The first-order valence-corrected chi connectivity index (χ1v) is 7.28. The number of thiophene rings is 1. The lowest BCUT2D eigenvalue weighted by Gasteiger charge is -2.27. The van der Waals surface area contributed by atoms with Crippen molar-refractivity contribution >= 4 is 23.0 Å². The van der Waals surface area contributed by atoms with Gasteiger partial charge in [0.05, 0.1) is 24.0 Å². The second kappa shape index (κ2) is 6.11. The third-order valence-electron chi connectivity index (χ3n) is 3.35. The van der Waals surface area contributed by atoms with Crippen molar-refractivity contribution < 1.29 is 9.69 Å². The van der Waals surface area contributed by atoms with E-state index in [4.69, 9.17) is 0 Å². The van der Waals surface area contributed by atoms with E-state index in [0.717, 1.165) is 31.6 Å². The van der Waals surface area contributed by atoms with Gasteiger partial charge in [0, 0.05) is 18.6 Å². The van der Waals surface area contributed by atoms with Gasteiger partial charge in [0.1, 0.15) is 0 Å². The number of amides is 1. The fraction of sp³-hybridized carbons (Fsp3) is 0.538. The molecular formula is C13H20N3OS+. The first kappa shape index (κ1) is 13.2. The van der Waals surface area contributed by atoms with Crippen LogP contribution >= 0.6 is 11.3 Å². The van der Waals surface area contributed by atoms with Crippen LogP contribution in [0.1, 0.15) is 36.4 Å². The van der Waals surface area contributed by atoms with Crippen molar-refractivity contribution in [2.75, 3.05) is 13.1 Å². The van der Waals surface area contributed by atoms with Gasteiger partial charge in [0.2, 0.25) is 0 Å². The van der Waals surface area contributed by atoms with Crippen molar-refractivity contribution in [1.82, 2.24) is 5.43 Å². The Hall–Kier alpha value is -1.20. The highest BCUT2D eigenvalue weighted by molar-refractivity contribution is 7.12. The van der Waals surface area contributed by atoms with E-state index in [9.17, 15) is 4.79 Å². The summed E-state index contributed by atoms with van der Waals surface area (Å²) in [5.74, 6) is -0.101. The molecule has 0 aromatic carbocycles. The number of nitrogens with zero attached hydrogens (tertiary/aromatic N) is 1. The average molecular weight is 266 g/mol. The Morgan fingerprint density at radius 3 is 2.72 bits per heavy atom. The molecule has 4 nitrogen and oxygen atoms in total.